The minimum atomic E-state index is -5.11. The van der Waals surface area contributed by atoms with Crippen molar-refractivity contribution < 1.29 is 72.4 Å². The first-order chi connectivity index (χ1) is 6.00. The van der Waals surface area contributed by atoms with E-state index in [0.717, 1.165) is 4.48 Å². The van der Waals surface area contributed by atoms with Crippen molar-refractivity contribution in [3.05, 3.63) is 0 Å². The van der Waals surface area contributed by atoms with Gasteiger partial charge in [0.15, 0.2) is 0 Å². The third kappa shape index (κ3) is 2590. The van der Waals surface area contributed by atoms with Crippen molar-refractivity contribution in [2.45, 2.75) is 0 Å². The summed E-state index contributed by atoms with van der Waals surface area (Å²) in [4.78, 5) is 61.1. The molecule has 6 N–H and O–H groups in total. The number of rotatable bonds is 0. The molecule has 0 saturated carbocycles. The Balaban J connectivity index is -0.0000000655. The van der Waals surface area contributed by atoms with Gasteiger partial charge in [-0.1, -0.05) is 0 Å². The molecule has 0 radical (unpaired) electrons. The molecule has 0 fully saturated rings. The summed E-state index contributed by atoms with van der Waals surface area (Å²) in [6.45, 7) is 0. The van der Waals surface area contributed by atoms with Crippen molar-refractivity contribution in [3.63, 3.8) is 0 Å². The van der Waals surface area contributed by atoms with Crippen molar-refractivity contribution in [2.75, 3.05) is 28.2 Å². The van der Waals surface area contributed by atoms with Crippen LogP contribution in [0.15, 0.2) is 0 Å². The summed E-state index contributed by atoms with van der Waals surface area (Å²) < 4.78 is 1.00. The summed E-state index contributed by atoms with van der Waals surface area (Å²) >= 11 is 0. The van der Waals surface area contributed by atoms with E-state index < -0.39 is 18.1 Å². The van der Waals surface area contributed by atoms with Crippen LogP contribution in [-0.2, 0) is 0 Å². The molecule has 0 heterocycles. The van der Waals surface area contributed by atoms with Crippen LogP contribution in [0.25, 0.3) is 0 Å². The quantitative estimate of drug-likeness (QED) is 0.188. The Morgan fingerprint density at radius 1 is 0.750 bits per heavy atom. The van der Waals surface area contributed by atoms with Crippen molar-refractivity contribution in [3.8, 4) is 0 Å². The summed E-state index contributed by atoms with van der Waals surface area (Å²) in [5.41, 5.74) is 0. The fourth-order valence-corrected chi connectivity index (χ4v) is 0. The van der Waals surface area contributed by atoms with E-state index in [1.54, 1.807) is 0 Å². The topological polar surface area (TPSA) is 168 Å². The van der Waals surface area contributed by atoms with E-state index in [-0.39, 0.29) is 29.6 Å². The van der Waals surface area contributed by atoms with Gasteiger partial charge in [0.25, 0.3) is 0 Å². The van der Waals surface area contributed by atoms with Gasteiger partial charge in [-0.2, -0.15) is 0 Å². The Morgan fingerprint density at radius 2 is 0.750 bits per heavy atom. The van der Waals surface area contributed by atoms with Gasteiger partial charge >= 0.3 is 38.6 Å². The molecule has 0 amide bonds. The van der Waals surface area contributed by atoms with Crippen LogP contribution >= 0.6 is 0 Å². The molecule has 0 bridgehead atoms. The summed E-state index contributed by atoms with van der Waals surface area (Å²) in [7, 11) is -1.22. The van der Waals surface area contributed by atoms with Gasteiger partial charge < -0.3 is 42.8 Å². The molecule has 9 nitrogen and oxygen atoms in total. The molecule has 16 heavy (non-hydrogen) atoms. The first-order valence-electron chi connectivity index (χ1n) is 3.54. The Morgan fingerprint density at radius 3 is 0.750 bits per heavy atom. The van der Waals surface area contributed by atoms with Crippen LogP contribution in [0.4, 0.5) is 0 Å². The van der Waals surface area contributed by atoms with Gasteiger partial charge in [0.1, 0.15) is 9.05 Å². The zero-order valence-electron chi connectivity index (χ0n) is 9.95. The number of nitrogens with zero attached hydrogens (tertiary/aromatic N) is 1. The average Bonchev–Trinajstić information content (AvgIpc) is 1.41. The van der Waals surface area contributed by atoms with Crippen molar-refractivity contribution in [2.24, 2.45) is 0 Å². The fourth-order valence-electron chi connectivity index (χ4n) is 0. The number of quaternary nitrogens is 1. The minimum Gasteiger partial charge on any atom is -0.828 e. The molecule has 0 atom stereocenters. The molecule has 0 spiro atoms. The second-order valence-electron chi connectivity index (χ2n) is 3.83. The summed E-state index contributed by atoms with van der Waals surface area (Å²) in [5.74, 6) is 0. The van der Waals surface area contributed by atoms with Crippen molar-refractivity contribution >= 4 is 18.1 Å². The first-order valence-corrected chi connectivity index (χ1v) is 7.04. The Bertz CT molecular complexity index is 105. The van der Waals surface area contributed by atoms with Crippen molar-refractivity contribution in [1.29, 1.82) is 0 Å². The molecule has 0 aliphatic carbocycles. The van der Waals surface area contributed by atoms with E-state index in [1.807, 2.05) is 0 Å². The maximum absolute atomic E-state index is 8.80. The molecule has 0 aromatic rings. The third-order valence-electron chi connectivity index (χ3n) is 0. The van der Waals surface area contributed by atoms with Crippen LogP contribution < -0.4 is 39.1 Å². The minimum absolute atomic E-state index is 0. The molecule has 96 valence electrons. The first kappa shape index (κ1) is 25.8. The maximum atomic E-state index is 8.80. The van der Waals surface area contributed by atoms with E-state index in [2.05, 4.69) is 28.2 Å². The monoisotopic (exact) mass is 287 g/mol. The van der Waals surface area contributed by atoms with Gasteiger partial charge in [0.2, 0.25) is 0 Å². The van der Waals surface area contributed by atoms with Gasteiger partial charge in [-0.15, -0.1) is 0 Å². The van der Waals surface area contributed by atoms with Crippen LogP contribution in [0.1, 0.15) is 0 Å². The molecular weight excluding hydrogens is 269 g/mol. The van der Waals surface area contributed by atoms with E-state index in [9.17, 15) is 0 Å². The maximum Gasteiger partial charge on any atom is 1.00 e. The molecule has 0 aliphatic rings. The second kappa shape index (κ2) is 10.0. The molecule has 0 aromatic carbocycles. The molecular formula is C4H18NNaO8Si2. The van der Waals surface area contributed by atoms with E-state index in [4.69, 9.17) is 38.4 Å². The Hall–Kier alpha value is 1.07. The zero-order valence-corrected chi connectivity index (χ0v) is 13.9. The van der Waals surface area contributed by atoms with Crippen LogP contribution in [-0.4, -0.2) is 79.5 Å². The van der Waals surface area contributed by atoms with Gasteiger partial charge in [-0.25, -0.2) is 0 Å². The van der Waals surface area contributed by atoms with Crippen LogP contribution in [0.5, 0.6) is 0 Å². The molecule has 0 saturated heterocycles. The Kier molecular flexibility index (Phi) is 16.2. The average molecular weight is 287 g/mol. The predicted octanol–water partition coefficient (Wildman–Crippen LogP) is -9.16. The summed E-state index contributed by atoms with van der Waals surface area (Å²) in [5, 5.41) is 0. The fraction of sp³-hybridized carbons (Fsp3) is 1.00. The number of hydrogen-bond donors (Lipinski definition) is 6. The molecule has 0 aliphatic heterocycles. The Labute approximate surface area is 118 Å². The van der Waals surface area contributed by atoms with Gasteiger partial charge in [0, 0.05) is 0 Å². The van der Waals surface area contributed by atoms with Gasteiger partial charge in [0.05, 0.1) is 28.2 Å². The standard InChI is InChI=1S/C4H12N.Na.H4O4Si.H2O4Si/c1-5(2,3)4;;2*1-5(2,3)4/h1-4H3;;1-4H;1-2H/q2*+1;;-2. The smallest absolute Gasteiger partial charge is 0.828 e. The normalized spacial score (nSPS) is 11.2. The molecule has 0 rings (SSSR count). The van der Waals surface area contributed by atoms with Crippen molar-refractivity contribution in [1.82, 2.24) is 0 Å². The van der Waals surface area contributed by atoms with E-state index in [1.165, 1.54) is 0 Å². The zero-order chi connectivity index (χ0) is 13.5. The predicted molar refractivity (Wildman–Crippen MR) is 48.8 cm³/mol. The molecule has 0 unspecified atom stereocenters. The van der Waals surface area contributed by atoms with Gasteiger partial charge in [-0.3, -0.25) is 0 Å². The summed E-state index contributed by atoms with van der Waals surface area (Å²) in [6.07, 6.45) is 0. The third-order valence-corrected chi connectivity index (χ3v) is 0. The van der Waals surface area contributed by atoms with Gasteiger partial charge in [-0.05, 0) is 0 Å². The molecule has 12 heteroatoms. The second-order valence-corrected chi connectivity index (χ2v) is 6.13. The van der Waals surface area contributed by atoms with Crippen LogP contribution in [0.2, 0.25) is 0 Å². The number of hydrogen-bond acceptors (Lipinski definition) is 8. The largest absolute Gasteiger partial charge is 1.00 e. The van der Waals surface area contributed by atoms with E-state index in [0.29, 0.717) is 0 Å². The molecule has 0 aromatic heterocycles. The summed E-state index contributed by atoms with van der Waals surface area (Å²) in [6, 6.07) is 0. The van der Waals surface area contributed by atoms with E-state index >= 15 is 0 Å². The van der Waals surface area contributed by atoms with Crippen LogP contribution in [0.3, 0.4) is 0 Å². The van der Waals surface area contributed by atoms with Crippen LogP contribution in [0, 0.1) is 0 Å². The SMILES string of the molecule is C[N+](C)(C)C.O[Si](O)(O)O.[Na+].[O-][Si]([O-])(O)O.